The van der Waals surface area contributed by atoms with Gasteiger partial charge in [-0.3, -0.25) is 9.59 Å². The van der Waals surface area contributed by atoms with Crippen LogP contribution in [0.2, 0.25) is 0 Å². The van der Waals surface area contributed by atoms with Crippen LogP contribution in [-0.2, 0) is 16.0 Å². The number of aliphatic carboxylic acids is 1. The summed E-state index contributed by atoms with van der Waals surface area (Å²) in [5.74, 6) is -0.326. The number of hydrogen-bond acceptors (Lipinski definition) is 4. The van der Waals surface area contributed by atoms with Crippen LogP contribution < -0.4 is 9.47 Å². The van der Waals surface area contributed by atoms with Gasteiger partial charge in [0.25, 0.3) is 5.91 Å². The van der Waals surface area contributed by atoms with E-state index in [1.165, 1.54) is 0 Å². The number of benzene rings is 1. The van der Waals surface area contributed by atoms with Crippen molar-refractivity contribution in [2.75, 3.05) is 19.7 Å². The van der Waals surface area contributed by atoms with Crippen molar-refractivity contribution in [3.8, 4) is 11.5 Å². The Kier molecular flexibility index (Phi) is 4.15. The molecule has 0 aliphatic carbocycles. The molecular weight excluding hydrogens is 310 g/mol. The van der Waals surface area contributed by atoms with Gasteiger partial charge in [-0.15, -0.1) is 0 Å². The molecule has 1 aromatic carbocycles. The highest BCUT2D eigenvalue weighted by Crippen LogP contribution is 2.41. The van der Waals surface area contributed by atoms with E-state index in [0.717, 1.165) is 12.0 Å². The zero-order valence-electron chi connectivity index (χ0n) is 14.2. The highest BCUT2D eigenvalue weighted by atomic mass is 16.5. The van der Waals surface area contributed by atoms with Gasteiger partial charge in [-0.1, -0.05) is 19.1 Å². The third kappa shape index (κ3) is 3.18. The van der Waals surface area contributed by atoms with Gasteiger partial charge in [-0.2, -0.15) is 0 Å². The predicted molar refractivity (Wildman–Crippen MR) is 87.2 cm³/mol. The second-order valence-corrected chi connectivity index (χ2v) is 7.29. The molecule has 3 rings (SSSR count). The summed E-state index contributed by atoms with van der Waals surface area (Å²) in [6.45, 7) is 6.47. The summed E-state index contributed by atoms with van der Waals surface area (Å²) >= 11 is 0. The highest BCUT2D eigenvalue weighted by molar-refractivity contribution is 5.80. The molecule has 0 aromatic heterocycles. The molecule has 6 nitrogen and oxygen atoms in total. The number of carboxylic acid groups (broad SMARTS) is 1. The lowest BCUT2D eigenvalue weighted by Gasteiger charge is -2.19. The van der Waals surface area contributed by atoms with Crippen molar-refractivity contribution in [1.82, 2.24) is 4.90 Å². The summed E-state index contributed by atoms with van der Waals surface area (Å²) in [6, 6.07) is 5.68. The van der Waals surface area contributed by atoms with Gasteiger partial charge >= 0.3 is 5.97 Å². The average Bonchev–Trinajstić information content (AvgIpc) is 3.03. The van der Waals surface area contributed by atoms with E-state index < -0.39 is 11.9 Å². The van der Waals surface area contributed by atoms with E-state index in [1.54, 1.807) is 11.0 Å². The number of carboxylic acids is 1. The molecular formula is C18H23NO5. The molecule has 130 valence electrons. The highest BCUT2D eigenvalue weighted by Gasteiger charge is 2.37. The lowest BCUT2D eigenvalue weighted by Crippen LogP contribution is -2.34. The number of likely N-dealkylation sites (tertiary alicyclic amines) is 1. The average molecular weight is 333 g/mol. The number of carbonyl (C=O) groups excluding carboxylic acids is 1. The summed E-state index contributed by atoms with van der Waals surface area (Å²) in [5, 5.41) is 9.16. The van der Waals surface area contributed by atoms with E-state index in [2.05, 4.69) is 0 Å². The molecule has 0 unspecified atom stereocenters. The summed E-state index contributed by atoms with van der Waals surface area (Å²) in [5.41, 5.74) is 0.802. The van der Waals surface area contributed by atoms with Crippen LogP contribution in [0.3, 0.4) is 0 Å². The lowest BCUT2D eigenvalue weighted by atomic mass is 9.99. The van der Waals surface area contributed by atoms with Gasteiger partial charge in [0, 0.05) is 25.1 Å². The third-order valence-corrected chi connectivity index (χ3v) is 4.69. The number of fused-ring (bicyclic) bond motifs is 1. The molecule has 1 amide bonds. The molecule has 0 radical (unpaired) electrons. The standard InChI is InChI=1S/C18H23NO5/c1-11-8-19(9-13(11)17(21)22)15(20)10-23-14-6-4-5-12-7-18(2,3)24-16(12)14/h4-6,11,13H,7-10H2,1-3H3,(H,21,22)/t11-,13-/m1/s1. The Morgan fingerprint density at radius 3 is 2.79 bits per heavy atom. The molecule has 6 heteroatoms. The molecule has 24 heavy (non-hydrogen) atoms. The van der Waals surface area contributed by atoms with Crippen LogP contribution in [0.25, 0.3) is 0 Å². The van der Waals surface area contributed by atoms with Gasteiger partial charge in [0.15, 0.2) is 18.1 Å². The molecule has 0 saturated carbocycles. The largest absolute Gasteiger partial charge is 0.483 e. The van der Waals surface area contributed by atoms with Crippen LogP contribution in [0.15, 0.2) is 18.2 Å². The molecule has 1 saturated heterocycles. The van der Waals surface area contributed by atoms with Gasteiger partial charge < -0.3 is 19.5 Å². The Morgan fingerprint density at radius 2 is 2.12 bits per heavy atom. The molecule has 2 atom stereocenters. The van der Waals surface area contributed by atoms with Crippen LogP contribution in [0.5, 0.6) is 11.5 Å². The topological polar surface area (TPSA) is 76.1 Å². The molecule has 0 bridgehead atoms. The number of para-hydroxylation sites is 1. The zero-order valence-corrected chi connectivity index (χ0v) is 14.2. The number of rotatable bonds is 4. The minimum absolute atomic E-state index is 0.0449. The van der Waals surface area contributed by atoms with E-state index in [-0.39, 0.29) is 30.6 Å². The Bertz CT molecular complexity index is 669. The number of amides is 1. The fraction of sp³-hybridized carbons (Fsp3) is 0.556. The van der Waals surface area contributed by atoms with E-state index in [0.29, 0.717) is 18.0 Å². The van der Waals surface area contributed by atoms with Crippen molar-refractivity contribution in [3.05, 3.63) is 23.8 Å². The normalized spacial score (nSPS) is 24.4. The van der Waals surface area contributed by atoms with Gasteiger partial charge in [0.1, 0.15) is 5.60 Å². The summed E-state index contributed by atoms with van der Waals surface area (Å²) < 4.78 is 11.6. The predicted octanol–water partition coefficient (Wildman–Crippen LogP) is 1.96. The van der Waals surface area contributed by atoms with E-state index in [1.807, 2.05) is 32.9 Å². The molecule has 1 fully saturated rings. The lowest BCUT2D eigenvalue weighted by molar-refractivity contribution is -0.142. The van der Waals surface area contributed by atoms with E-state index >= 15 is 0 Å². The number of nitrogens with zero attached hydrogens (tertiary/aromatic N) is 1. The first-order chi connectivity index (χ1) is 11.3. The fourth-order valence-electron chi connectivity index (χ4n) is 3.42. The number of carbonyl (C=O) groups is 2. The first-order valence-corrected chi connectivity index (χ1v) is 8.21. The first-order valence-electron chi connectivity index (χ1n) is 8.21. The molecule has 1 N–H and O–H groups in total. The maximum Gasteiger partial charge on any atom is 0.308 e. The molecule has 1 aromatic rings. The second kappa shape index (κ2) is 6.00. The van der Waals surface area contributed by atoms with Crippen LogP contribution in [0.1, 0.15) is 26.3 Å². The Balaban J connectivity index is 1.63. The van der Waals surface area contributed by atoms with Crippen molar-refractivity contribution < 1.29 is 24.2 Å². The van der Waals surface area contributed by atoms with Gasteiger partial charge in [-0.25, -0.2) is 0 Å². The summed E-state index contributed by atoms with van der Waals surface area (Å²) in [7, 11) is 0. The van der Waals surface area contributed by atoms with Crippen molar-refractivity contribution in [3.63, 3.8) is 0 Å². The van der Waals surface area contributed by atoms with E-state index in [4.69, 9.17) is 14.6 Å². The third-order valence-electron chi connectivity index (χ3n) is 4.69. The SMILES string of the molecule is C[C@@H]1CN(C(=O)COc2cccc3c2OC(C)(C)C3)C[C@H]1C(=O)O. The summed E-state index contributed by atoms with van der Waals surface area (Å²) in [4.78, 5) is 25.1. The van der Waals surface area contributed by atoms with Crippen LogP contribution in [0.4, 0.5) is 0 Å². The van der Waals surface area contributed by atoms with Crippen molar-refractivity contribution in [2.24, 2.45) is 11.8 Å². The van der Waals surface area contributed by atoms with Crippen LogP contribution in [-0.4, -0.2) is 47.2 Å². The molecule has 2 heterocycles. The van der Waals surface area contributed by atoms with Crippen LogP contribution in [0, 0.1) is 11.8 Å². The minimum atomic E-state index is -0.852. The monoisotopic (exact) mass is 333 g/mol. The molecule has 2 aliphatic rings. The van der Waals surface area contributed by atoms with E-state index in [9.17, 15) is 9.59 Å². The Hall–Kier alpha value is -2.24. The first kappa shape index (κ1) is 16.6. The van der Waals surface area contributed by atoms with Gasteiger partial charge in [0.2, 0.25) is 0 Å². The van der Waals surface area contributed by atoms with Crippen molar-refractivity contribution in [1.29, 1.82) is 0 Å². The van der Waals surface area contributed by atoms with Crippen molar-refractivity contribution in [2.45, 2.75) is 32.8 Å². The summed E-state index contributed by atoms with van der Waals surface area (Å²) in [6.07, 6.45) is 0.803. The maximum atomic E-state index is 12.3. The number of ether oxygens (including phenoxy) is 2. The smallest absolute Gasteiger partial charge is 0.308 e. The second-order valence-electron chi connectivity index (χ2n) is 7.29. The Labute approximate surface area is 141 Å². The quantitative estimate of drug-likeness (QED) is 0.911. The van der Waals surface area contributed by atoms with Gasteiger partial charge in [0.05, 0.1) is 5.92 Å². The minimum Gasteiger partial charge on any atom is -0.483 e. The van der Waals surface area contributed by atoms with Crippen molar-refractivity contribution >= 4 is 11.9 Å². The van der Waals surface area contributed by atoms with Crippen LogP contribution >= 0.6 is 0 Å². The number of hydrogen-bond donors (Lipinski definition) is 1. The Morgan fingerprint density at radius 1 is 1.38 bits per heavy atom. The molecule has 0 spiro atoms. The maximum absolute atomic E-state index is 12.3. The fourth-order valence-corrected chi connectivity index (χ4v) is 3.42. The molecule has 2 aliphatic heterocycles. The zero-order chi connectivity index (χ0) is 17.5. The van der Waals surface area contributed by atoms with Gasteiger partial charge in [-0.05, 0) is 25.8 Å².